The van der Waals surface area contributed by atoms with Gasteiger partial charge in [0.15, 0.2) is 0 Å². The molecule has 0 saturated carbocycles. The maximum absolute atomic E-state index is 11.8. The molecule has 0 unspecified atom stereocenters. The van der Waals surface area contributed by atoms with Crippen LogP contribution in [0.25, 0.3) is 0 Å². The lowest BCUT2D eigenvalue weighted by atomic mass is 10.0. The number of hydrogen-bond acceptors (Lipinski definition) is 1. The highest BCUT2D eigenvalue weighted by Crippen LogP contribution is 2.16. The fourth-order valence-corrected chi connectivity index (χ4v) is 1.76. The van der Waals surface area contributed by atoms with Gasteiger partial charge in [-0.05, 0) is 24.5 Å². The minimum absolute atomic E-state index is 0.160. The Morgan fingerprint density at radius 2 is 1.87 bits per heavy atom. The van der Waals surface area contributed by atoms with Crippen LogP contribution < -0.4 is 0 Å². The fraction of sp³-hybridized carbons (Fsp3) is 0.462. The van der Waals surface area contributed by atoms with Crippen molar-refractivity contribution < 1.29 is 4.79 Å². The van der Waals surface area contributed by atoms with Gasteiger partial charge in [-0.3, -0.25) is 4.79 Å². The van der Waals surface area contributed by atoms with Gasteiger partial charge in [0.05, 0.1) is 0 Å². The van der Waals surface area contributed by atoms with Crippen LogP contribution in [0.3, 0.4) is 0 Å². The summed E-state index contributed by atoms with van der Waals surface area (Å²) in [5, 5.41) is 0. The number of hydrogen-bond donors (Lipinski definition) is 0. The van der Waals surface area contributed by atoms with Gasteiger partial charge in [0.25, 0.3) is 5.91 Å². The highest BCUT2D eigenvalue weighted by Gasteiger charge is 2.18. The van der Waals surface area contributed by atoms with Crippen molar-refractivity contribution in [3.63, 3.8) is 0 Å². The Labute approximate surface area is 91.9 Å². The fourth-order valence-electron chi connectivity index (χ4n) is 1.76. The summed E-state index contributed by atoms with van der Waals surface area (Å²) in [5.41, 5.74) is 2.07. The van der Waals surface area contributed by atoms with Crippen LogP contribution in [0.15, 0.2) is 24.3 Å². The first-order chi connectivity index (χ1) is 7.29. The van der Waals surface area contributed by atoms with Crippen LogP contribution >= 0.6 is 0 Å². The lowest BCUT2D eigenvalue weighted by Crippen LogP contribution is -2.26. The van der Waals surface area contributed by atoms with E-state index in [0.717, 1.165) is 24.9 Å². The average molecular weight is 205 g/mol. The maximum Gasteiger partial charge on any atom is 0.253 e. The van der Waals surface area contributed by atoms with E-state index in [-0.39, 0.29) is 5.91 Å². The van der Waals surface area contributed by atoms with Crippen molar-refractivity contribution in [2.45, 2.75) is 26.7 Å². The number of benzene rings is 1. The predicted molar refractivity (Wildman–Crippen MR) is 63.1 cm³/mol. The van der Waals surface area contributed by atoms with Gasteiger partial charge in [-0.2, -0.15) is 0 Å². The van der Waals surface area contributed by atoms with Gasteiger partial charge in [-0.15, -0.1) is 0 Å². The van der Waals surface area contributed by atoms with Gasteiger partial charge < -0.3 is 4.90 Å². The van der Waals surface area contributed by atoms with Gasteiger partial charge in [-0.25, -0.2) is 0 Å². The van der Waals surface area contributed by atoms with Gasteiger partial charge in [0.2, 0.25) is 0 Å². The summed E-state index contributed by atoms with van der Waals surface area (Å²) < 4.78 is 0. The average Bonchev–Trinajstić information content (AvgIpc) is 2.44. The molecule has 0 spiro atoms. The topological polar surface area (TPSA) is 20.3 Å². The lowest BCUT2D eigenvalue weighted by Gasteiger charge is -2.13. The van der Waals surface area contributed by atoms with E-state index in [0.29, 0.717) is 0 Å². The zero-order valence-corrected chi connectivity index (χ0v) is 9.79. The Hall–Kier alpha value is -1.31. The van der Waals surface area contributed by atoms with Crippen LogP contribution in [0.1, 0.15) is 36.2 Å². The van der Waals surface area contributed by atoms with Gasteiger partial charge >= 0.3 is 0 Å². The molecule has 2 heteroatoms. The third-order valence-electron chi connectivity index (χ3n) is 2.53. The van der Waals surface area contributed by atoms with E-state index in [2.05, 4.69) is 0 Å². The van der Waals surface area contributed by atoms with Crippen molar-refractivity contribution in [2.75, 3.05) is 13.6 Å². The lowest BCUT2D eigenvalue weighted by molar-refractivity contribution is 0.0800. The van der Waals surface area contributed by atoms with Crippen LogP contribution in [0.5, 0.6) is 0 Å². The third kappa shape index (κ3) is 2.58. The second kappa shape index (κ2) is 5.54. The largest absolute Gasteiger partial charge is 0.342 e. The molecule has 0 fully saturated rings. The molecule has 0 saturated heterocycles. The molecule has 0 radical (unpaired) electrons. The third-order valence-corrected chi connectivity index (χ3v) is 2.53. The van der Waals surface area contributed by atoms with Crippen LogP contribution in [0.2, 0.25) is 0 Å². The quantitative estimate of drug-likeness (QED) is 0.637. The standard InChI is InChI=1S/C11H13NO.C2H6/c1-12-8-4-6-9-5-2-3-7-10(9)11(12)13;1-2/h2-3,5,7H,4,6,8H2,1H3;1-2H3. The van der Waals surface area contributed by atoms with Crippen LogP contribution in [0.4, 0.5) is 0 Å². The number of nitrogens with zero attached hydrogens (tertiary/aromatic N) is 1. The minimum Gasteiger partial charge on any atom is -0.342 e. The Morgan fingerprint density at radius 1 is 1.20 bits per heavy atom. The first-order valence-corrected chi connectivity index (χ1v) is 5.62. The van der Waals surface area contributed by atoms with E-state index in [9.17, 15) is 4.79 Å². The number of amides is 1. The van der Waals surface area contributed by atoms with Crippen molar-refractivity contribution >= 4 is 5.91 Å². The van der Waals surface area contributed by atoms with Crippen molar-refractivity contribution in [3.05, 3.63) is 35.4 Å². The summed E-state index contributed by atoms with van der Waals surface area (Å²) in [4.78, 5) is 13.6. The second-order valence-electron chi connectivity index (χ2n) is 3.49. The molecule has 0 N–H and O–H groups in total. The van der Waals surface area contributed by atoms with E-state index in [1.54, 1.807) is 4.90 Å². The van der Waals surface area contributed by atoms with Crippen LogP contribution in [-0.4, -0.2) is 24.4 Å². The summed E-state index contributed by atoms with van der Waals surface area (Å²) in [6, 6.07) is 7.89. The Balaban J connectivity index is 0.000000531. The number of fused-ring (bicyclic) bond motifs is 1. The molecule has 1 amide bonds. The number of rotatable bonds is 0. The maximum atomic E-state index is 11.8. The first-order valence-electron chi connectivity index (χ1n) is 5.62. The van der Waals surface area contributed by atoms with Gasteiger partial charge in [0, 0.05) is 19.2 Å². The molecule has 82 valence electrons. The smallest absolute Gasteiger partial charge is 0.253 e. The summed E-state index contributed by atoms with van der Waals surface area (Å²) in [7, 11) is 1.87. The van der Waals surface area contributed by atoms with Gasteiger partial charge in [-0.1, -0.05) is 32.0 Å². The summed E-state index contributed by atoms with van der Waals surface area (Å²) >= 11 is 0. The molecular formula is C13H19NO. The zero-order chi connectivity index (χ0) is 11.3. The first kappa shape index (κ1) is 11.8. The number of carbonyl (C=O) groups is 1. The molecule has 1 aliphatic heterocycles. The molecule has 15 heavy (non-hydrogen) atoms. The highest BCUT2D eigenvalue weighted by atomic mass is 16.2. The summed E-state index contributed by atoms with van der Waals surface area (Å²) in [5.74, 6) is 0.160. The van der Waals surface area contributed by atoms with Crippen LogP contribution in [-0.2, 0) is 6.42 Å². The van der Waals surface area contributed by atoms with Crippen LogP contribution in [0, 0.1) is 0 Å². The molecule has 0 bridgehead atoms. The molecule has 0 aromatic heterocycles. The van der Waals surface area contributed by atoms with E-state index in [1.165, 1.54) is 5.56 Å². The molecule has 0 atom stereocenters. The van der Waals surface area contributed by atoms with Crippen molar-refractivity contribution in [1.82, 2.24) is 4.90 Å². The molecule has 2 rings (SSSR count). The Bertz CT molecular complexity index is 333. The van der Waals surface area contributed by atoms with E-state index >= 15 is 0 Å². The number of aryl methyl sites for hydroxylation is 1. The SMILES string of the molecule is CC.CN1CCCc2ccccc2C1=O. The van der Waals surface area contributed by atoms with Crippen molar-refractivity contribution in [2.24, 2.45) is 0 Å². The highest BCUT2D eigenvalue weighted by molar-refractivity contribution is 5.95. The predicted octanol–water partition coefficient (Wildman–Crippen LogP) is 2.73. The normalized spacial score (nSPS) is 14.9. The molecule has 2 nitrogen and oxygen atoms in total. The van der Waals surface area contributed by atoms with E-state index in [4.69, 9.17) is 0 Å². The molecule has 0 aliphatic carbocycles. The molecule has 1 heterocycles. The van der Waals surface area contributed by atoms with Crippen molar-refractivity contribution in [3.8, 4) is 0 Å². The molecule has 1 aromatic rings. The summed E-state index contributed by atoms with van der Waals surface area (Å²) in [6.45, 7) is 4.87. The molecule has 1 aromatic carbocycles. The second-order valence-corrected chi connectivity index (χ2v) is 3.49. The Kier molecular flexibility index (Phi) is 4.35. The van der Waals surface area contributed by atoms with E-state index < -0.39 is 0 Å². The Morgan fingerprint density at radius 3 is 2.60 bits per heavy atom. The minimum atomic E-state index is 0.160. The van der Waals surface area contributed by atoms with Crippen molar-refractivity contribution in [1.29, 1.82) is 0 Å². The van der Waals surface area contributed by atoms with Gasteiger partial charge in [0.1, 0.15) is 0 Å². The van der Waals surface area contributed by atoms with E-state index in [1.807, 2.05) is 45.2 Å². The monoisotopic (exact) mass is 205 g/mol. The molecule has 1 aliphatic rings. The zero-order valence-electron chi connectivity index (χ0n) is 9.79. The summed E-state index contributed by atoms with van der Waals surface area (Å²) in [6.07, 6.45) is 2.09. The molecular weight excluding hydrogens is 186 g/mol. The number of carbonyl (C=O) groups excluding carboxylic acids is 1.